The number of aromatic nitrogens is 2. The molecule has 1 aromatic carbocycles. The van der Waals surface area contributed by atoms with E-state index in [1.807, 2.05) is 6.07 Å². The van der Waals surface area contributed by atoms with Gasteiger partial charge in [0.15, 0.2) is 0 Å². The average Bonchev–Trinajstić information content (AvgIpc) is 2.82. The minimum absolute atomic E-state index is 0.280. The van der Waals surface area contributed by atoms with Gasteiger partial charge in [0.2, 0.25) is 0 Å². The molecule has 1 aromatic heterocycles. The quantitative estimate of drug-likeness (QED) is 0.635. The van der Waals surface area contributed by atoms with Crippen LogP contribution >= 0.6 is 27.5 Å². The predicted octanol–water partition coefficient (Wildman–Crippen LogP) is 3.16. The lowest BCUT2D eigenvalue weighted by Crippen LogP contribution is -1.88. The van der Waals surface area contributed by atoms with E-state index >= 15 is 0 Å². The van der Waals surface area contributed by atoms with Gasteiger partial charge in [-0.15, -0.1) is 12.8 Å². The van der Waals surface area contributed by atoms with Gasteiger partial charge in [-0.25, -0.2) is 4.98 Å². The van der Waals surface area contributed by atoms with Crippen LogP contribution in [0.5, 0.6) is 0 Å². The molecule has 0 saturated heterocycles. The molecule has 0 amide bonds. The van der Waals surface area contributed by atoms with E-state index in [-0.39, 0.29) is 4.83 Å². The Kier molecular flexibility index (Phi) is 3.63. The first-order valence-electron chi connectivity index (χ1n) is 4.92. The van der Waals surface area contributed by atoms with Gasteiger partial charge >= 0.3 is 0 Å². The molecule has 0 aliphatic heterocycles. The fraction of sp³-hybridized carbons (Fsp3) is 0.0714. The van der Waals surface area contributed by atoms with Crippen LogP contribution < -0.4 is 0 Å². The lowest BCUT2D eigenvalue weighted by atomic mass is 10.1. The van der Waals surface area contributed by atoms with Gasteiger partial charge in [-0.1, -0.05) is 27.8 Å². The van der Waals surface area contributed by atoms with Crippen molar-refractivity contribution >= 4 is 38.6 Å². The van der Waals surface area contributed by atoms with Gasteiger partial charge < -0.3 is 4.98 Å². The number of benzene rings is 1. The maximum absolute atomic E-state index is 5.50. The molecule has 18 heavy (non-hydrogen) atoms. The van der Waals surface area contributed by atoms with E-state index in [1.165, 1.54) is 0 Å². The maximum atomic E-state index is 5.50. The number of nitrogens with one attached hydrogen (secondary N) is 1. The molecule has 2 rings (SSSR count). The Morgan fingerprint density at radius 2 is 2.17 bits per heavy atom. The fourth-order valence-electron chi connectivity index (χ4n) is 1.59. The molecule has 1 atom stereocenters. The zero-order chi connectivity index (χ0) is 13.1. The Morgan fingerprint density at radius 1 is 1.39 bits per heavy atom. The second-order valence-electron chi connectivity index (χ2n) is 3.40. The average molecular weight is 318 g/mol. The summed E-state index contributed by atoms with van der Waals surface area (Å²) in [6.45, 7) is 0. The molecule has 1 heterocycles. The fourth-order valence-corrected chi connectivity index (χ4v) is 1.91. The Labute approximate surface area is 118 Å². The Bertz CT molecular complexity index is 750. The lowest BCUT2D eigenvalue weighted by molar-refractivity contribution is 1.09. The third-order valence-electron chi connectivity index (χ3n) is 2.39. The maximum Gasteiger partial charge on any atom is 0.133 e. The minimum atomic E-state index is -0.280. The molecule has 0 aliphatic carbocycles. The van der Waals surface area contributed by atoms with Gasteiger partial charge in [0.1, 0.15) is 16.2 Å². The van der Waals surface area contributed by atoms with E-state index < -0.39 is 0 Å². The molecule has 2 nitrogen and oxygen atoms in total. The molecule has 0 bridgehead atoms. The highest BCUT2D eigenvalue weighted by Gasteiger charge is 2.13. The molecule has 86 valence electrons. The number of rotatable bonds is 1. The van der Waals surface area contributed by atoms with Crippen molar-refractivity contribution in [3.8, 4) is 36.0 Å². The molecular weight excluding hydrogens is 312 g/mol. The predicted molar refractivity (Wildman–Crippen MR) is 77.3 cm³/mol. The van der Waals surface area contributed by atoms with Crippen LogP contribution in [0.25, 0.3) is 11.0 Å². The third-order valence-corrected chi connectivity index (χ3v) is 3.18. The van der Waals surface area contributed by atoms with E-state index in [0.29, 0.717) is 22.5 Å². The van der Waals surface area contributed by atoms with Crippen LogP contribution in [-0.2, 0) is 0 Å². The molecule has 0 fully saturated rings. The number of alkyl halides is 1. The topological polar surface area (TPSA) is 28.7 Å². The Morgan fingerprint density at radius 3 is 2.78 bits per heavy atom. The second kappa shape index (κ2) is 5.19. The summed E-state index contributed by atoms with van der Waals surface area (Å²) in [5, 5.41) is 2.31. The SMILES string of the molecule is C#Cc1c(C#CCl)ccc2[nH]c(C(Br)C#C)nc12. The summed E-state index contributed by atoms with van der Waals surface area (Å²) in [7, 11) is 0. The number of halogens is 2. The molecule has 0 radical (unpaired) electrons. The van der Waals surface area contributed by atoms with Crippen LogP contribution in [0.1, 0.15) is 21.8 Å². The summed E-state index contributed by atoms with van der Waals surface area (Å²) < 4.78 is 0. The number of aromatic amines is 1. The molecule has 0 spiro atoms. The van der Waals surface area contributed by atoms with Crippen molar-refractivity contribution in [3.63, 3.8) is 0 Å². The van der Waals surface area contributed by atoms with Crippen LogP contribution in [0, 0.1) is 36.0 Å². The smallest absolute Gasteiger partial charge is 0.133 e. The van der Waals surface area contributed by atoms with Crippen molar-refractivity contribution in [1.82, 2.24) is 9.97 Å². The van der Waals surface area contributed by atoms with Crippen molar-refractivity contribution in [1.29, 1.82) is 0 Å². The van der Waals surface area contributed by atoms with Crippen molar-refractivity contribution in [2.24, 2.45) is 0 Å². The molecular formula is C14H6BrClN2. The van der Waals surface area contributed by atoms with E-state index in [2.05, 4.69) is 49.0 Å². The van der Waals surface area contributed by atoms with E-state index in [4.69, 9.17) is 24.4 Å². The number of hydrogen-bond acceptors (Lipinski definition) is 1. The highest BCUT2D eigenvalue weighted by atomic mass is 79.9. The van der Waals surface area contributed by atoms with E-state index in [1.54, 1.807) is 6.07 Å². The number of H-pyrrole nitrogens is 1. The zero-order valence-corrected chi connectivity index (χ0v) is 11.4. The standard InChI is InChI=1S/C14H6BrClN2/c1-3-10-9(7-8-16)5-6-12-13(10)18-14(17-12)11(15)4-2/h1-2,5-6,11H,(H,17,18). The summed E-state index contributed by atoms with van der Waals surface area (Å²) >= 11 is 8.73. The van der Waals surface area contributed by atoms with Crippen molar-refractivity contribution in [3.05, 3.63) is 29.1 Å². The molecule has 1 unspecified atom stereocenters. The van der Waals surface area contributed by atoms with E-state index in [0.717, 1.165) is 5.52 Å². The normalized spacial score (nSPS) is 11.1. The molecule has 1 N–H and O–H groups in total. The monoisotopic (exact) mass is 316 g/mol. The summed E-state index contributed by atoms with van der Waals surface area (Å²) in [6.07, 6.45) is 10.8. The summed E-state index contributed by atoms with van der Waals surface area (Å²) in [5.74, 6) is 8.50. The summed E-state index contributed by atoms with van der Waals surface area (Å²) in [4.78, 5) is 7.23. The number of terminal acetylenes is 2. The Balaban J connectivity index is 2.74. The number of imidazole rings is 1. The van der Waals surface area contributed by atoms with Gasteiger partial charge in [-0.05, 0) is 29.7 Å². The zero-order valence-electron chi connectivity index (χ0n) is 9.09. The van der Waals surface area contributed by atoms with Gasteiger partial charge in [0.25, 0.3) is 0 Å². The molecule has 0 saturated carbocycles. The largest absolute Gasteiger partial charge is 0.340 e. The van der Waals surface area contributed by atoms with Gasteiger partial charge in [-0.3, -0.25) is 0 Å². The first-order valence-corrected chi connectivity index (χ1v) is 6.21. The van der Waals surface area contributed by atoms with Gasteiger partial charge in [0, 0.05) is 10.9 Å². The first-order chi connectivity index (χ1) is 8.71. The summed E-state index contributed by atoms with van der Waals surface area (Å²) in [5.41, 5.74) is 2.77. The number of nitrogens with zero attached hydrogens (tertiary/aromatic N) is 1. The first kappa shape index (κ1) is 12.6. The van der Waals surface area contributed by atoms with Crippen LogP contribution in [0.2, 0.25) is 0 Å². The number of fused-ring (bicyclic) bond motifs is 1. The van der Waals surface area contributed by atoms with Crippen molar-refractivity contribution in [2.75, 3.05) is 0 Å². The van der Waals surface area contributed by atoms with Crippen LogP contribution in [0.15, 0.2) is 12.1 Å². The van der Waals surface area contributed by atoms with E-state index in [9.17, 15) is 0 Å². The summed E-state index contributed by atoms with van der Waals surface area (Å²) in [6, 6.07) is 3.65. The highest BCUT2D eigenvalue weighted by molar-refractivity contribution is 9.09. The van der Waals surface area contributed by atoms with Gasteiger partial charge in [0.05, 0.1) is 11.1 Å². The van der Waals surface area contributed by atoms with Crippen molar-refractivity contribution < 1.29 is 0 Å². The van der Waals surface area contributed by atoms with Crippen molar-refractivity contribution in [2.45, 2.75) is 4.83 Å². The molecule has 4 heteroatoms. The molecule has 2 aromatic rings. The molecule has 0 aliphatic rings. The van der Waals surface area contributed by atoms with Crippen LogP contribution in [0.3, 0.4) is 0 Å². The highest BCUT2D eigenvalue weighted by Crippen LogP contribution is 2.25. The second-order valence-corrected chi connectivity index (χ2v) is 4.50. The third kappa shape index (κ3) is 2.09. The van der Waals surface area contributed by atoms with Gasteiger partial charge in [-0.2, -0.15) is 0 Å². The number of hydrogen-bond donors (Lipinski definition) is 1. The lowest BCUT2D eigenvalue weighted by Gasteiger charge is -1.96. The van der Waals surface area contributed by atoms with Crippen LogP contribution in [0.4, 0.5) is 0 Å². The minimum Gasteiger partial charge on any atom is -0.340 e. The Hall–Kier alpha value is -1.86. The van der Waals surface area contributed by atoms with Crippen LogP contribution in [-0.4, -0.2) is 9.97 Å².